The minimum Gasteiger partial charge on any atom is -0.312 e. The summed E-state index contributed by atoms with van der Waals surface area (Å²) >= 11 is 0. The van der Waals surface area contributed by atoms with E-state index in [2.05, 4.69) is 38.2 Å². The zero-order valence-corrected chi connectivity index (χ0v) is 13.7. The molecule has 0 saturated carbocycles. The Morgan fingerprint density at radius 3 is 2.35 bits per heavy atom. The molecule has 0 bridgehead atoms. The van der Waals surface area contributed by atoms with E-state index < -0.39 is 9.84 Å². The Bertz CT molecular complexity index is 593. The Labute approximate surface area is 122 Å². The first-order valence-corrected chi connectivity index (χ1v) is 9.05. The fourth-order valence-corrected chi connectivity index (χ4v) is 5.35. The first-order chi connectivity index (χ1) is 9.36. The van der Waals surface area contributed by atoms with Crippen molar-refractivity contribution in [1.29, 1.82) is 0 Å². The van der Waals surface area contributed by atoms with Gasteiger partial charge in [0.05, 0.1) is 11.0 Å². The van der Waals surface area contributed by atoms with Gasteiger partial charge in [0.25, 0.3) is 0 Å². The average molecular weight is 295 g/mol. The van der Waals surface area contributed by atoms with Crippen LogP contribution in [-0.4, -0.2) is 26.5 Å². The molecule has 2 unspecified atom stereocenters. The van der Waals surface area contributed by atoms with Gasteiger partial charge in [-0.2, -0.15) is 0 Å². The van der Waals surface area contributed by atoms with Gasteiger partial charge in [-0.15, -0.1) is 0 Å². The first-order valence-electron chi connectivity index (χ1n) is 7.33. The second kappa shape index (κ2) is 5.86. The van der Waals surface area contributed by atoms with E-state index >= 15 is 0 Å². The van der Waals surface area contributed by atoms with Crippen molar-refractivity contribution in [1.82, 2.24) is 5.32 Å². The van der Waals surface area contributed by atoms with Crippen molar-refractivity contribution in [3.63, 3.8) is 0 Å². The average Bonchev–Trinajstić information content (AvgIpc) is 2.37. The molecular weight excluding hydrogens is 270 g/mol. The molecule has 0 radical (unpaired) electrons. The van der Waals surface area contributed by atoms with Crippen LogP contribution in [-0.2, 0) is 9.84 Å². The maximum Gasteiger partial charge on any atom is 0.155 e. The van der Waals surface area contributed by atoms with Crippen LogP contribution in [0.3, 0.4) is 0 Å². The molecule has 1 fully saturated rings. The molecule has 1 saturated heterocycles. The first kappa shape index (κ1) is 15.5. The van der Waals surface area contributed by atoms with E-state index in [0.717, 1.165) is 24.8 Å². The van der Waals surface area contributed by atoms with Crippen LogP contribution in [0.15, 0.2) is 12.1 Å². The van der Waals surface area contributed by atoms with Gasteiger partial charge >= 0.3 is 0 Å². The molecule has 0 amide bonds. The highest BCUT2D eigenvalue weighted by Crippen LogP contribution is 2.33. The van der Waals surface area contributed by atoms with Crippen molar-refractivity contribution >= 4 is 9.84 Å². The maximum atomic E-state index is 12.4. The van der Waals surface area contributed by atoms with Gasteiger partial charge in [0.15, 0.2) is 9.84 Å². The van der Waals surface area contributed by atoms with Crippen LogP contribution >= 0.6 is 0 Å². The van der Waals surface area contributed by atoms with Crippen LogP contribution in [0, 0.1) is 20.8 Å². The molecule has 2 atom stereocenters. The Balaban J connectivity index is 2.45. The number of sulfone groups is 1. The van der Waals surface area contributed by atoms with E-state index in [0.29, 0.717) is 5.75 Å². The van der Waals surface area contributed by atoms with E-state index in [1.807, 2.05) is 7.05 Å². The number of aryl methyl sites for hydroxylation is 3. The topological polar surface area (TPSA) is 46.2 Å². The summed E-state index contributed by atoms with van der Waals surface area (Å²) in [5.74, 6) is 0.333. The summed E-state index contributed by atoms with van der Waals surface area (Å²) in [6.45, 7) is 6.25. The zero-order chi connectivity index (χ0) is 14.9. The molecule has 112 valence electrons. The van der Waals surface area contributed by atoms with Crippen LogP contribution in [0.2, 0.25) is 0 Å². The van der Waals surface area contributed by atoms with Crippen LogP contribution in [0.1, 0.15) is 47.6 Å². The highest BCUT2D eigenvalue weighted by molar-refractivity contribution is 7.92. The molecule has 1 aliphatic heterocycles. The summed E-state index contributed by atoms with van der Waals surface area (Å²) in [5, 5.41) is 2.96. The summed E-state index contributed by atoms with van der Waals surface area (Å²) in [7, 11) is -1.12. The number of nitrogens with one attached hydrogen (secondary N) is 1. The highest BCUT2D eigenvalue weighted by Gasteiger charge is 2.36. The third-order valence-corrected chi connectivity index (χ3v) is 6.82. The van der Waals surface area contributed by atoms with Gasteiger partial charge in [-0.25, -0.2) is 8.42 Å². The number of hydrogen-bond acceptors (Lipinski definition) is 3. The SMILES string of the molecule is CNC(c1cc(C)c(C)cc1C)C1CCCCS1(=O)=O. The summed E-state index contributed by atoms with van der Waals surface area (Å²) in [5.41, 5.74) is 4.78. The number of benzene rings is 1. The van der Waals surface area contributed by atoms with Crippen LogP contribution in [0.25, 0.3) is 0 Å². The number of hydrogen-bond donors (Lipinski definition) is 1. The Morgan fingerprint density at radius 2 is 1.75 bits per heavy atom. The minimum atomic E-state index is -2.99. The van der Waals surface area contributed by atoms with Crippen molar-refractivity contribution in [3.8, 4) is 0 Å². The lowest BCUT2D eigenvalue weighted by Crippen LogP contribution is -2.39. The number of rotatable bonds is 3. The molecule has 1 heterocycles. The highest BCUT2D eigenvalue weighted by atomic mass is 32.2. The third kappa shape index (κ3) is 2.91. The van der Waals surface area contributed by atoms with Gasteiger partial charge in [0.2, 0.25) is 0 Å². The quantitative estimate of drug-likeness (QED) is 0.932. The maximum absolute atomic E-state index is 12.4. The summed E-state index contributed by atoms with van der Waals surface area (Å²) in [6, 6.07) is 4.21. The van der Waals surface area contributed by atoms with Crippen LogP contribution < -0.4 is 5.32 Å². The van der Waals surface area contributed by atoms with Gasteiger partial charge in [0, 0.05) is 6.04 Å². The standard InChI is InChI=1S/C16H25NO2S/c1-11-9-13(3)14(10-12(11)2)16(17-4)15-7-5-6-8-20(15,18)19/h9-10,15-17H,5-8H2,1-4H3. The smallest absolute Gasteiger partial charge is 0.155 e. The minimum absolute atomic E-state index is 0.0976. The van der Waals surface area contributed by atoms with Crippen molar-refractivity contribution in [2.75, 3.05) is 12.8 Å². The lowest BCUT2D eigenvalue weighted by Gasteiger charge is -2.31. The molecule has 1 aromatic carbocycles. The van der Waals surface area contributed by atoms with Crippen molar-refractivity contribution < 1.29 is 8.42 Å². The molecule has 1 aromatic rings. The van der Waals surface area contributed by atoms with E-state index in [1.165, 1.54) is 16.7 Å². The van der Waals surface area contributed by atoms with Gasteiger partial charge in [-0.1, -0.05) is 18.6 Å². The van der Waals surface area contributed by atoms with E-state index in [9.17, 15) is 8.42 Å². The van der Waals surface area contributed by atoms with Gasteiger partial charge < -0.3 is 5.32 Å². The molecule has 20 heavy (non-hydrogen) atoms. The molecule has 1 N–H and O–H groups in total. The third-order valence-electron chi connectivity index (χ3n) is 4.53. The molecule has 3 nitrogen and oxygen atoms in total. The second-order valence-corrected chi connectivity index (χ2v) is 8.30. The molecule has 0 spiro atoms. The molecule has 0 aromatic heterocycles. The summed E-state index contributed by atoms with van der Waals surface area (Å²) in [6.07, 6.45) is 2.58. The van der Waals surface area contributed by atoms with E-state index in [1.54, 1.807) is 0 Å². The van der Waals surface area contributed by atoms with Crippen molar-refractivity contribution in [2.45, 2.75) is 51.3 Å². The Morgan fingerprint density at radius 1 is 1.10 bits per heavy atom. The molecule has 2 rings (SSSR count). The lowest BCUT2D eigenvalue weighted by molar-refractivity contribution is 0.468. The predicted octanol–water partition coefficient (Wildman–Crippen LogP) is 2.84. The van der Waals surface area contributed by atoms with Gasteiger partial charge in [0.1, 0.15) is 0 Å². The molecule has 0 aliphatic carbocycles. The largest absolute Gasteiger partial charge is 0.312 e. The Kier molecular flexibility index (Phi) is 4.55. The van der Waals surface area contributed by atoms with Gasteiger partial charge in [-0.05, 0) is 62.9 Å². The van der Waals surface area contributed by atoms with E-state index in [-0.39, 0.29) is 11.3 Å². The zero-order valence-electron chi connectivity index (χ0n) is 12.9. The van der Waals surface area contributed by atoms with Gasteiger partial charge in [-0.3, -0.25) is 0 Å². The van der Waals surface area contributed by atoms with E-state index in [4.69, 9.17) is 0 Å². The summed E-state index contributed by atoms with van der Waals surface area (Å²) in [4.78, 5) is 0. The molecular formula is C16H25NO2S. The fraction of sp³-hybridized carbons (Fsp3) is 0.625. The fourth-order valence-electron chi connectivity index (χ4n) is 3.21. The summed E-state index contributed by atoms with van der Waals surface area (Å²) < 4.78 is 24.8. The van der Waals surface area contributed by atoms with Crippen LogP contribution in [0.4, 0.5) is 0 Å². The normalized spacial score (nSPS) is 23.5. The molecule has 4 heteroatoms. The Hall–Kier alpha value is -0.870. The lowest BCUT2D eigenvalue weighted by atomic mass is 9.92. The second-order valence-electron chi connectivity index (χ2n) is 5.96. The van der Waals surface area contributed by atoms with Crippen molar-refractivity contribution in [2.24, 2.45) is 0 Å². The monoisotopic (exact) mass is 295 g/mol. The van der Waals surface area contributed by atoms with Crippen molar-refractivity contribution in [3.05, 3.63) is 34.4 Å². The predicted molar refractivity (Wildman–Crippen MR) is 83.9 cm³/mol. The van der Waals surface area contributed by atoms with Crippen LogP contribution in [0.5, 0.6) is 0 Å². The molecule has 1 aliphatic rings.